The largest absolute Gasteiger partial charge is 0.478 e. The van der Waals surface area contributed by atoms with Crippen molar-refractivity contribution in [2.75, 3.05) is 30.0 Å². The minimum Gasteiger partial charge on any atom is -0.478 e. The maximum Gasteiger partial charge on any atom is 0.255 e. The number of carbonyl (C=O) groups is 1. The van der Waals surface area contributed by atoms with Crippen molar-refractivity contribution in [3.63, 3.8) is 0 Å². The van der Waals surface area contributed by atoms with E-state index in [-0.39, 0.29) is 27.9 Å². The second-order valence-electron chi connectivity index (χ2n) is 10.1. The molecule has 0 saturated carbocycles. The maximum atomic E-state index is 14.2. The highest BCUT2D eigenvalue weighted by Crippen LogP contribution is 2.28. The third-order valence-electron chi connectivity index (χ3n) is 6.73. The molecule has 4 rings (SSSR count). The van der Waals surface area contributed by atoms with Gasteiger partial charge in [-0.15, -0.1) is 5.10 Å². The van der Waals surface area contributed by atoms with E-state index in [9.17, 15) is 17.6 Å². The molecule has 1 amide bonds. The Balaban J connectivity index is 1.21. The molecule has 45 heavy (non-hydrogen) atoms. The van der Waals surface area contributed by atoms with Gasteiger partial charge in [0.15, 0.2) is 0 Å². The molecule has 0 aliphatic rings. The van der Waals surface area contributed by atoms with Crippen LogP contribution in [0.4, 0.5) is 33.2 Å². The lowest BCUT2D eigenvalue weighted by Crippen LogP contribution is -2.24. The van der Waals surface area contributed by atoms with E-state index in [0.29, 0.717) is 28.3 Å². The van der Waals surface area contributed by atoms with Crippen LogP contribution in [0.15, 0.2) is 64.2 Å². The number of aryl methyl sites for hydroxylation is 1. The summed E-state index contributed by atoms with van der Waals surface area (Å²) in [4.78, 5) is 20.4. The summed E-state index contributed by atoms with van der Waals surface area (Å²) in [7, 11) is -2.13. The molecule has 0 spiro atoms. The van der Waals surface area contributed by atoms with E-state index in [0.717, 1.165) is 51.1 Å². The molecule has 16 heteroatoms. The third-order valence-corrected chi connectivity index (χ3v) is 8.79. The Morgan fingerprint density at radius 2 is 1.76 bits per heavy atom. The summed E-state index contributed by atoms with van der Waals surface area (Å²) >= 11 is 3.33. The average Bonchev–Trinajstić information content (AvgIpc) is 3.37. The molecule has 0 aliphatic heterocycles. The minimum absolute atomic E-state index is 0.133. The van der Waals surface area contributed by atoms with E-state index < -0.39 is 21.7 Å². The third kappa shape index (κ3) is 9.36. The highest BCUT2D eigenvalue weighted by atomic mass is 79.9. The summed E-state index contributed by atoms with van der Waals surface area (Å²) in [6, 6.07) is 10.2. The Kier molecular flexibility index (Phi) is 11.7. The van der Waals surface area contributed by atoms with Gasteiger partial charge < -0.3 is 26.8 Å². The molecule has 2 aromatic carbocycles. The molecule has 0 saturated heterocycles. The number of amides is 1. The van der Waals surface area contributed by atoms with Crippen molar-refractivity contribution in [3.8, 4) is 5.88 Å². The van der Waals surface area contributed by atoms with Crippen LogP contribution in [-0.2, 0) is 16.6 Å². The van der Waals surface area contributed by atoms with Crippen molar-refractivity contribution in [2.24, 2.45) is 5.73 Å². The van der Waals surface area contributed by atoms with Crippen LogP contribution in [0, 0.1) is 5.82 Å². The Bertz CT molecular complexity index is 1720. The number of nitrogens with zero attached hydrogens (tertiary/aromatic N) is 4. The molecule has 13 nitrogen and oxygen atoms in total. The lowest BCUT2D eigenvalue weighted by Gasteiger charge is -2.13. The average molecular weight is 705 g/mol. The molecule has 0 bridgehead atoms. The van der Waals surface area contributed by atoms with E-state index in [1.807, 2.05) is 0 Å². The monoisotopic (exact) mass is 703 g/mol. The van der Waals surface area contributed by atoms with Crippen LogP contribution in [0.25, 0.3) is 0 Å². The lowest BCUT2D eigenvalue weighted by molar-refractivity contribution is 0.0997. The molecule has 4 aromatic rings. The smallest absolute Gasteiger partial charge is 0.255 e. The minimum atomic E-state index is -3.67. The SMILES string of the molecule is COc1nn(CCCCCCCCNS(=O)(=O)c2ccc(Nc3ncc(Br)c(Nc4cccc(F)c4C(N)=O)n3)cc2)cc1N. The number of unbranched alkanes of at least 4 members (excludes halogenated alkanes) is 5. The topological polar surface area (TPSA) is 192 Å². The molecule has 0 fully saturated rings. The molecular weight excluding hydrogens is 669 g/mol. The second kappa shape index (κ2) is 15.6. The fraction of sp³-hybridized carbons (Fsp3) is 0.310. The van der Waals surface area contributed by atoms with Crippen LogP contribution < -0.4 is 31.6 Å². The number of primary amides is 1. The van der Waals surface area contributed by atoms with Crippen molar-refractivity contribution < 1.29 is 22.3 Å². The number of nitrogens with one attached hydrogen (secondary N) is 3. The Morgan fingerprint density at radius 3 is 2.44 bits per heavy atom. The van der Waals surface area contributed by atoms with Crippen LogP contribution in [-0.4, -0.2) is 47.7 Å². The Labute approximate surface area is 269 Å². The van der Waals surface area contributed by atoms with E-state index in [1.54, 1.807) is 23.0 Å². The molecule has 0 radical (unpaired) electrons. The maximum absolute atomic E-state index is 14.2. The summed E-state index contributed by atoms with van der Waals surface area (Å²) in [5.74, 6) is -0.814. The normalized spacial score (nSPS) is 11.4. The van der Waals surface area contributed by atoms with Gasteiger partial charge in [-0.05, 0) is 65.2 Å². The first-order valence-corrected chi connectivity index (χ1v) is 16.5. The van der Waals surface area contributed by atoms with Gasteiger partial charge in [0.25, 0.3) is 11.8 Å². The Morgan fingerprint density at radius 1 is 1.04 bits per heavy atom. The molecule has 240 valence electrons. The number of ether oxygens (including phenoxy) is 1. The van der Waals surface area contributed by atoms with Gasteiger partial charge in [-0.25, -0.2) is 22.5 Å². The summed E-state index contributed by atoms with van der Waals surface area (Å²) in [6.07, 6.45) is 8.96. The molecule has 7 N–H and O–H groups in total. The van der Waals surface area contributed by atoms with Crippen molar-refractivity contribution in [2.45, 2.75) is 50.0 Å². The number of methoxy groups -OCH3 is 1. The van der Waals surface area contributed by atoms with Gasteiger partial charge in [-0.3, -0.25) is 9.48 Å². The molecular formula is C29H35BrFN9O4S. The van der Waals surface area contributed by atoms with Gasteiger partial charge in [0.05, 0.1) is 33.9 Å². The zero-order valence-electron chi connectivity index (χ0n) is 24.6. The number of benzene rings is 2. The van der Waals surface area contributed by atoms with E-state index in [2.05, 4.69) is 46.4 Å². The zero-order valence-corrected chi connectivity index (χ0v) is 27.0. The fourth-order valence-corrected chi connectivity index (χ4v) is 5.82. The quantitative estimate of drug-likeness (QED) is 0.0928. The Hall–Kier alpha value is -4.28. The van der Waals surface area contributed by atoms with Crippen molar-refractivity contribution in [3.05, 3.63) is 70.7 Å². The molecule has 0 aliphatic carbocycles. The summed E-state index contributed by atoms with van der Waals surface area (Å²) in [5.41, 5.74) is 12.1. The number of rotatable bonds is 17. The van der Waals surface area contributed by atoms with E-state index in [1.165, 1.54) is 37.6 Å². The van der Waals surface area contributed by atoms with Crippen LogP contribution in [0.3, 0.4) is 0 Å². The van der Waals surface area contributed by atoms with Gasteiger partial charge in [0.2, 0.25) is 16.0 Å². The molecule has 0 atom stereocenters. The number of anilines is 5. The number of hydrogen-bond acceptors (Lipinski definition) is 10. The lowest BCUT2D eigenvalue weighted by atomic mass is 10.1. The highest BCUT2D eigenvalue weighted by molar-refractivity contribution is 9.10. The number of carbonyl (C=O) groups excluding carboxylic acids is 1. The number of hydrogen-bond donors (Lipinski definition) is 5. The van der Waals surface area contributed by atoms with E-state index in [4.69, 9.17) is 16.2 Å². The van der Waals surface area contributed by atoms with Gasteiger partial charge in [-0.1, -0.05) is 31.7 Å². The van der Waals surface area contributed by atoms with Crippen molar-refractivity contribution >= 4 is 60.7 Å². The standard InChI is InChI=1S/C29H35BrFN9O4S/c1-44-28-23(32)18-40(39-28)16-7-5-3-2-4-6-15-35-45(42,43)20-13-11-19(12-14-20)36-29-34-17-21(30)27(38-29)37-24-10-8-9-22(31)25(24)26(33)41/h8-14,17-18,35H,2-7,15-16,32H2,1H3,(H2,33,41)(H2,34,36,37,38). The van der Waals surface area contributed by atoms with Crippen molar-refractivity contribution in [1.82, 2.24) is 24.5 Å². The first-order chi connectivity index (χ1) is 21.6. The van der Waals surface area contributed by atoms with Gasteiger partial charge in [-0.2, -0.15) is 4.98 Å². The van der Waals surface area contributed by atoms with E-state index >= 15 is 0 Å². The predicted molar refractivity (Wildman–Crippen MR) is 174 cm³/mol. The van der Waals surface area contributed by atoms with Crippen LogP contribution in [0.5, 0.6) is 5.88 Å². The van der Waals surface area contributed by atoms with Crippen LogP contribution in [0.2, 0.25) is 0 Å². The molecule has 0 unspecified atom stereocenters. The predicted octanol–water partition coefficient (Wildman–Crippen LogP) is 5.07. The highest BCUT2D eigenvalue weighted by Gasteiger charge is 2.17. The first kappa shape index (κ1) is 33.6. The summed E-state index contributed by atoms with van der Waals surface area (Å²) in [6.45, 7) is 1.12. The van der Waals surface area contributed by atoms with Crippen molar-refractivity contribution in [1.29, 1.82) is 0 Å². The zero-order chi connectivity index (χ0) is 32.4. The number of nitrogen functional groups attached to an aromatic ring is 1. The van der Waals surface area contributed by atoms with Crippen LogP contribution in [0.1, 0.15) is 48.9 Å². The molecule has 2 heterocycles. The molecule has 2 aromatic heterocycles. The summed E-state index contributed by atoms with van der Waals surface area (Å²) < 4.78 is 49.6. The fourth-order valence-electron chi connectivity index (χ4n) is 4.46. The number of halogens is 2. The van der Waals surface area contributed by atoms with Crippen LogP contribution >= 0.6 is 15.9 Å². The number of sulfonamides is 1. The summed E-state index contributed by atoms with van der Waals surface area (Å²) in [5, 5.41) is 10.1. The van der Waals surface area contributed by atoms with Gasteiger partial charge in [0.1, 0.15) is 17.3 Å². The van der Waals surface area contributed by atoms with Gasteiger partial charge >= 0.3 is 0 Å². The first-order valence-electron chi connectivity index (χ1n) is 14.2. The number of nitrogens with two attached hydrogens (primary N) is 2. The van der Waals surface area contributed by atoms with Gasteiger partial charge in [0, 0.05) is 25.0 Å². The second-order valence-corrected chi connectivity index (χ2v) is 12.7. The number of aromatic nitrogens is 4.